The normalized spacial score (nSPS) is 19.5. The first-order valence-electron chi connectivity index (χ1n) is 31.5. The third-order valence-electron chi connectivity index (χ3n) is 17.4. The van der Waals surface area contributed by atoms with E-state index in [0.29, 0.717) is 32.2 Å². The minimum absolute atomic E-state index is 0.0649. The van der Waals surface area contributed by atoms with Crippen molar-refractivity contribution in [2.45, 2.75) is 132 Å². The van der Waals surface area contributed by atoms with Crippen molar-refractivity contribution in [1.29, 1.82) is 0 Å². The highest BCUT2D eigenvalue weighted by molar-refractivity contribution is 7.19. The second-order valence-electron chi connectivity index (χ2n) is 23.7. The maximum atomic E-state index is 14.6. The number of carbonyl (C=O) groups is 6. The first-order chi connectivity index (χ1) is 43.5. The molecule has 3 aliphatic rings. The van der Waals surface area contributed by atoms with Crippen LogP contribution in [0, 0.1) is 0 Å². The minimum Gasteiger partial charge on any atom is -0.354 e. The topological polar surface area (TPSA) is 157 Å². The standard InChI is InChI=1S/C39H42N3O3P.C37H39N3O3/c43-37-34(26-27-13-5-1-6-14-27)42(39(45)36(46)31-17-9-3-10-18-31)35(38(44)40-32-19-11-4-12-20-32)33(41-37)25-28-21-23-30(24-22-28)29-15-7-2-8-16-29;1-2-3-23-38-37(43)35-32(24-29-19-21-31(22-20-29)30-17-11-6-12-18-30)39-36(42)33(25-27-13-7-4-8-14-27)40(35)34(41)26-28-15-9-5-10-16-28/h1-3,5-10,13-18,21-24,32-36H,4,11-12,19-20,25-26,46H2,(H,40,44)(H,41,43);4-22,32-33,35H,2-3,23-26H2,1H3,(H,38,43)(H,39,42). The Labute approximate surface area is 526 Å². The van der Waals surface area contributed by atoms with Gasteiger partial charge in [-0.3, -0.25) is 28.8 Å². The molecule has 3 fully saturated rings. The molecule has 89 heavy (non-hydrogen) atoms. The maximum absolute atomic E-state index is 14.6. The van der Waals surface area contributed by atoms with Gasteiger partial charge in [-0.15, -0.1) is 9.24 Å². The van der Waals surface area contributed by atoms with Gasteiger partial charge >= 0.3 is 0 Å². The summed E-state index contributed by atoms with van der Waals surface area (Å²) < 4.78 is 0. The molecular weight excluding hydrogens is 1120 g/mol. The molecule has 8 unspecified atom stereocenters. The summed E-state index contributed by atoms with van der Waals surface area (Å²) in [6.45, 7) is 2.59. The number of unbranched alkanes of at least 4 members (excludes halogenated alkanes) is 1. The highest BCUT2D eigenvalue weighted by Gasteiger charge is 2.50. The first kappa shape index (κ1) is 63.0. The Balaban J connectivity index is 0.000000197. The molecule has 0 bridgehead atoms. The fraction of sp³-hybridized carbons (Fsp3) is 0.289. The second-order valence-corrected chi connectivity index (χ2v) is 24.3. The van der Waals surface area contributed by atoms with Crippen molar-refractivity contribution < 1.29 is 28.8 Å². The Hall–Kier alpha value is -8.99. The summed E-state index contributed by atoms with van der Waals surface area (Å²) in [6.07, 6.45) is 8.52. The van der Waals surface area contributed by atoms with E-state index in [9.17, 15) is 28.8 Å². The van der Waals surface area contributed by atoms with Crippen LogP contribution in [-0.2, 0) is 60.9 Å². The zero-order valence-electron chi connectivity index (χ0n) is 50.7. The molecule has 8 aromatic carbocycles. The van der Waals surface area contributed by atoms with Gasteiger partial charge in [-0.05, 0) is 87.7 Å². The van der Waals surface area contributed by atoms with Crippen LogP contribution in [-0.4, -0.2) is 94.1 Å². The van der Waals surface area contributed by atoms with Gasteiger partial charge in [0.05, 0.1) is 24.2 Å². The fourth-order valence-electron chi connectivity index (χ4n) is 12.7. The quantitative estimate of drug-likeness (QED) is 0.0440. The van der Waals surface area contributed by atoms with Crippen LogP contribution in [0.2, 0.25) is 0 Å². The number of nitrogens with zero attached hydrogens (tertiary/aromatic N) is 2. The number of benzene rings is 8. The molecule has 456 valence electrons. The third kappa shape index (κ3) is 16.6. The Kier molecular flexibility index (Phi) is 22.1. The van der Waals surface area contributed by atoms with Crippen molar-refractivity contribution >= 4 is 44.7 Å². The van der Waals surface area contributed by atoms with Gasteiger partial charge in [0.15, 0.2) is 0 Å². The Morgan fingerprint density at radius 3 is 1.33 bits per heavy atom. The number of nitrogens with one attached hydrogen (secondary N) is 4. The van der Waals surface area contributed by atoms with Crippen LogP contribution in [0.25, 0.3) is 22.3 Å². The Morgan fingerprint density at radius 1 is 0.472 bits per heavy atom. The predicted octanol–water partition coefficient (Wildman–Crippen LogP) is 11.6. The largest absolute Gasteiger partial charge is 0.354 e. The van der Waals surface area contributed by atoms with Crippen molar-refractivity contribution in [1.82, 2.24) is 31.1 Å². The average Bonchev–Trinajstić information content (AvgIpc) is 1.87. The molecule has 4 N–H and O–H groups in total. The lowest BCUT2D eigenvalue weighted by Gasteiger charge is -2.46. The molecule has 1 saturated carbocycles. The summed E-state index contributed by atoms with van der Waals surface area (Å²) in [5, 5.41) is 12.7. The molecule has 12 nitrogen and oxygen atoms in total. The number of hydrogen-bond acceptors (Lipinski definition) is 6. The highest BCUT2D eigenvalue weighted by atomic mass is 31.0. The van der Waals surface area contributed by atoms with Crippen LogP contribution in [0.3, 0.4) is 0 Å². The van der Waals surface area contributed by atoms with Gasteiger partial charge in [-0.25, -0.2) is 0 Å². The molecule has 1 aliphatic carbocycles. The van der Waals surface area contributed by atoms with Crippen molar-refractivity contribution in [3.05, 3.63) is 264 Å². The summed E-state index contributed by atoms with van der Waals surface area (Å²) in [4.78, 5) is 88.1. The lowest BCUT2D eigenvalue weighted by molar-refractivity contribution is -0.154. The molecular formula is C76H81N6O6P. The average molecular weight is 1210 g/mol. The van der Waals surface area contributed by atoms with Gasteiger partial charge in [0, 0.05) is 25.4 Å². The molecule has 0 aromatic heterocycles. The minimum atomic E-state index is -0.874. The number of piperazine rings is 2. The highest BCUT2D eigenvalue weighted by Crippen LogP contribution is 2.33. The molecule has 2 heterocycles. The van der Waals surface area contributed by atoms with E-state index in [1.807, 2.05) is 170 Å². The maximum Gasteiger partial charge on any atom is 0.245 e. The molecule has 2 aliphatic heterocycles. The van der Waals surface area contributed by atoms with E-state index in [1.165, 1.54) is 6.42 Å². The van der Waals surface area contributed by atoms with E-state index in [4.69, 9.17) is 0 Å². The monoisotopic (exact) mass is 1200 g/mol. The first-order valence-corrected chi connectivity index (χ1v) is 32.2. The van der Waals surface area contributed by atoms with Crippen LogP contribution in [0.5, 0.6) is 0 Å². The van der Waals surface area contributed by atoms with Crippen molar-refractivity contribution in [3.8, 4) is 22.3 Å². The predicted molar refractivity (Wildman–Crippen MR) is 356 cm³/mol. The third-order valence-corrected chi connectivity index (χ3v) is 18.0. The summed E-state index contributed by atoms with van der Waals surface area (Å²) in [6, 6.07) is 70.7. The van der Waals surface area contributed by atoms with E-state index < -0.39 is 41.9 Å². The molecule has 0 radical (unpaired) electrons. The lowest BCUT2D eigenvalue weighted by atomic mass is 9.88. The number of hydrogen-bond donors (Lipinski definition) is 4. The van der Waals surface area contributed by atoms with E-state index in [1.54, 1.807) is 9.80 Å². The second kappa shape index (κ2) is 31.3. The van der Waals surface area contributed by atoms with E-state index in [-0.39, 0.29) is 47.9 Å². The number of amides is 6. The van der Waals surface area contributed by atoms with Gasteiger partial charge < -0.3 is 31.1 Å². The molecule has 11 rings (SSSR count). The summed E-state index contributed by atoms with van der Waals surface area (Å²) in [5.74, 6) is -1.40. The van der Waals surface area contributed by atoms with E-state index in [0.717, 1.165) is 94.2 Å². The SMILES string of the molecule is CCCCNC(=O)C1C(Cc2ccc(-c3ccccc3)cc2)NC(=O)C(Cc2ccccc2)N1C(=O)Cc1ccccc1.O=C1NC(Cc2ccc(-c3ccccc3)cc2)C(C(=O)NC2CCCCC2)N(C(=O)C(P)c2ccccc2)C1Cc1ccccc1. The van der Waals surface area contributed by atoms with Gasteiger partial charge in [0.25, 0.3) is 0 Å². The molecule has 13 heteroatoms. The fourth-order valence-corrected chi connectivity index (χ4v) is 13.0. The van der Waals surface area contributed by atoms with Crippen LogP contribution in [0.15, 0.2) is 231 Å². The van der Waals surface area contributed by atoms with Crippen molar-refractivity contribution in [3.63, 3.8) is 0 Å². The molecule has 6 amide bonds. The van der Waals surface area contributed by atoms with Gasteiger partial charge in [0.2, 0.25) is 35.4 Å². The summed E-state index contributed by atoms with van der Waals surface area (Å²) in [5.41, 5.74) is 9.31. The van der Waals surface area contributed by atoms with Gasteiger partial charge in [0.1, 0.15) is 24.2 Å². The van der Waals surface area contributed by atoms with Crippen molar-refractivity contribution in [2.24, 2.45) is 0 Å². The summed E-state index contributed by atoms with van der Waals surface area (Å²) >= 11 is 0. The van der Waals surface area contributed by atoms with Crippen LogP contribution in [0.4, 0.5) is 0 Å². The molecule has 8 atom stereocenters. The number of carbonyl (C=O) groups excluding carboxylic acids is 6. The summed E-state index contributed by atoms with van der Waals surface area (Å²) in [7, 11) is 2.67. The molecule has 0 spiro atoms. The van der Waals surface area contributed by atoms with E-state index in [2.05, 4.69) is 98.1 Å². The Bertz CT molecular complexity index is 3580. The lowest BCUT2D eigenvalue weighted by Crippen LogP contribution is -2.72. The zero-order valence-corrected chi connectivity index (χ0v) is 51.8. The smallest absolute Gasteiger partial charge is 0.245 e. The van der Waals surface area contributed by atoms with Crippen LogP contribution < -0.4 is 21.3 Å². The molecule has 2 saturated heterocycles. The zero-order chi connectivity index (χ0) is 61.9. The molecule has 8 aromatic rings. The van der Waals surface area contributed by atoms with Crippen molar-refractivity contribution in [2.75, 3.05) is 6.54 Å². The van der Waals surface area contributed by atoms with Gasteiger partial charge in [-0.2, -0.15) is 0 Å². The van der Waals surface area contributed by atoms with Crippen LogP contribution in [0.1, 0.15) is 90.9 Å². The van der Waals surface area contributed by atoms with E-state index >= 15 is 0 Å². The number of rotatable bonds is 20. The Morgan fingerprint density at radius 2 is 0.865 bits per heavy atom. The van der Waals surface area contributed by atoms with Gasteiger partial charge in [-0.1, -0.05) is 263 Å². The van der Waals surface area contributed by atoms with Crippen LogP contribution >= 0.6 is 9.24 Å².